The van der Waals surface area contributed by atoms with Crippen LogP contribution in [0.5, 0.6) is 0 Å². The van der Waals surface area contributed by atoms with E-state index in [4.69, 9.17) is 5.73 Å². The van der Waals surface area contributed by atoms with E-state index in [1.165, 1.54) is 0 Å². The topological polar surface area (TPSA) is 72.2 Å². The van der Waals surface area contributed by atoms with Crippen molar-refractivity contribution in [3.63, 3.8) is 0 Å². The first kappa shape index (κ1) is 17.6. The largest absolute Gasteiger partial charge is 0.353 e. The Balaban J connectivity index is 3.88. The fourth-order valence-electron chi connectivity index (χ4n) is 2.15. The molecular formula is C13H28N2O2S. The lowest BCUT2D eigenvalue weighted by Gasteiger charge is -2.16. The SMILES string of the molecule is CCCC(CCN)CCC(=O)NC(C)CS(C)=O. The van der Waals surface area contributed by atoms with Crippen molar-refractivity contribution in [1.29, 1.82) is 0 Å². The summed E-state index contributed by atoms with van der Waals surface area (Å²) in [6, 6.07) is -0.0116. The van der Waals surface area contributed by atoms with Gasteiger partial charge in [-0.25, -0.2) is 0 Å². The summed E-state index contributed by atoms with van der Waals surface area (Å²) >= 11 is 0. The van der Waals surface area contributed by atoms with Gasteiger partial charge in [0.2, 0.25) is 5.91 Å². The Labute approximate surface area is 114 Å². The molecule has 5 heteroatoms. The summed E-state index contributed by atoms with van der Waals surface area (Å²) in [6.07, 6.45) is 6.37. The van der Waals surface area contributed by atoms with Crippen LogP contribution in [-0.2, 0) is 15.6 Å². The first-order chi connectivity index (χ1) is 8.49. The Morgan fingerprint density at radius 2 is 2.00 bits per heavy atom. The van der Waals surface area contributed by atoms with Gasteiger partial charge in [-0.2, -0.15) is 0 Å². The minimum Gasteiger partial charge on any atom is -0.353 e. The molecule has 3 unspecified atom stereocenters. The van der Waals surface area contributed by atoms with E-state index >= 15 is 0 Å². The number of hydrogen-bond donors (Lipinski definition) is 2. The van der Waals surface area contributed by atoms with Gasteiger partial charge < -0.3 is 11.1 Å². The van der Waals surface area contributed by atoms with Gasteiger partial charge in [0, 0.05) is 35.3 Å². The molecule has 0 aromatic rings. The van der Waals surface area contributed by atoms with Crippen molar-refractivity contribution in [2.75, 3.05) is 18.6 Å². The van der Waals surface area contributed by atoms with Gasteiger partial charge in [0.1, 0.15) is 0 Å². The average Bonchev–Trinajstić information content (AvgIpc) is 2.25. The van der Waals surface area contributed by atoms with Crippen molar-refractivity contribution in [1.82, 2.24) is 5.32 Å². The van der Waals surface area contributed by atoms with Crippen LogP contribution in [0, 0.1) is 5.92 Å². The number of hydrogen-bond acceptors (Lipinski definition) is 3. The number of carbonyl (C=O) groups excluding carboxylic acids is 1. The van der Waals surface area contributed by atoms with Crippen LogP contribution >= 0.6 is 0 Å². The molecule has 0 saturated carbocycles. The van der Waals surface area contributed by atoms with Crippen LogP contribution in [0.15, 0.2) is 0 Å². The number of rotatable bonds is 10. The van der Waals surface area contributed by atoms with Crippen LogP contribution in [0.25, 0.3) is 0 Å². The smallest absolute Gasteiger partial charge is 0.220 e. The summed E-state index contributed by atoms with van der Waals surface area (Å²) in [5, 5.41) is 2.89. The van der Waals surface area contributed by atoms with Crippen molar-refractivity contribution >= 4 is 16.7 Å². The molecule has 108 valence electrons. The molecule has 0 aliphatic carbocycles. The summed E-state index contributed by atoms with van der Waals surface area (Å²) in [5.74, 6) is 1.14. The molecule has 0 radical (unpaired) electrons. The van der Waals surface area contributed by atoms with Crippen LogP contribution in [0.4, 0.5) is 0 Å². The fourth-order valence-corrected chi connectivity index (χ4v) is 2.94. The average molecular weight is 276 g/mol. The van der Waals surface area contributed by atoms with Gasteiger partial charge in [0.25, 0.3) is 0 Å². The Morgan fingerprint density at radius 3 is 2.50 bits per heavy atom. The maximum atomic E-state index is 11.7. The third-order valence-electron chi connectivity index (χ3n) is 2.94. The van der Waals surface area contributed by atoms with Gasteiger partial charge in [-0.05, 0) is 32.2 Å². The second kappa shape index (κ2) is 10.5. The number of nitrogens with one attached hydrogen (secondary N) is 1. The quantitative estimate of drug-likeness (QED) is 0.634. The monoisotopic (exact) mass is 276 g/mol. The van der Waals surface area contributed by atoms with Crippen LogP contribution < -0.4 is 11.1 Å². The van der Waals surface area contributed by atoms with Crippen LogP contribution in [0.1, 0.15) is 46.0 Å². The normalized spacial score (nSPS) is 16.0. The Bertz CT molecular complexity index is 253. The van der Waals surface area contributed by atoms with E-state index in [1.54, 1.807) is 6.26 Å². The standard InChI is InChI=1S/C13H28N2O2S/c1-4-5-12(8-9-14)6-7-13(16)15-11(2)10-18(3)17/h11-12H,4-10,14H2,1-3H3,(H,15,16). The molecule has 3 N–H and O–H groups in total. The molecule has 4 nitrogen and oxygen atoms in total. The molecule has 1 amide bonds. The molecule has 0 fully saturated rings. The van der Waals surface area contributed by atoms with Gasteiger partial charge in [0.05, 0.1) is 0 Å². The third kappa shape index (κ3) is 9.59. The van der Waals surface area contributed by atoms with Crippen LogP contribution in [-0.4, -0.2) is 34.7 Å². The molecule has 0 aromatic carbocycles. The minimum absolute atomic E-state index is 0.0116. The van der Waals surface area contributed by atoms with Gasteiger partial charge in [0.15, 0.2) is 0 Å². The van der Waals surface area contributed by atoms with Crippen molar-refractivity contribution in [3.05, 3.63) is 0 Å². The number of amides is 1. The first-order valence-electron chi connectivity index (χ1n) is 6.79. The molecule has 18 heavy (non-hydrogen) atoms. The van der Waals surface area contributed by atoms with E-state index < -0.39 is 10.8 Å². The zero-order valence-electron chi connectivity index (χ0n) is 11.9. The second-order valence-corrected chi connectivity index (χ2v) is 6.46. The minimum atomic E-state index is -0.862. The highest BCUT2D eigenvalue weighted by atomic mass is 32.2. The van der Waals surface area contributed by atoms with E-state index in [9.17, 15) is 9.00 Å². The number of nitrogens with two attached hydrogens (primary N) is 1. The third-order valence-corrected chi connectivity index (χ3v) is 3.91. The molecule has 0 bridgehead atoms. The predicted octanol–water partition coefficient (Wildman–Crippen LogP) is 1.41. The lowest BCUT2D eigenvalue weighted by Crippen LogP contribution is -2.36. The lowest BCUT2D eigenvalue weighted by atomic mass is 9.94. The van der Waals surface area contributed by atoms with Gasteiger partial charge in [-0.15, -0.1) is 0 Å². The molecular weight excluding hydrogens is 248 g/mol. The van der Waals surface area contributed by atoms with E-state index in [2.05, 4.69) is 12.2 Å². The molecule has 0 rings (SSSR count). The van der Waals surface area contributed by atoms with Crippen molar-refractivity contribution in [3.8, 4) is 0 Å². The van der Waals surface area contributed by atoms with E-state index in [0.29, 0.717) is 24.6 Å². The molecule has 0 aliphatic heterocycles. The van der Waals surface area contributed by atoms with Crippen LogP contribution in [0.2, 0.25) is 0 Å². The zero-order chi connectivity index (χ0) is 14.0. The summed E-state index contributed by atoms with van der Waals surface area (Å²) in [5.41, 5.74) is 5.57. The van der Waals surface area contributed by atoms with E-state index in [-0.39, 0.29) is 11.9 Å². The lowest BCUT2D eigenvalue weighted by molar-refractivity contribution is -0.121. The van der Waals surface area contributed by atoms with E-state index in [1.807, 2.05) is 6.92 Å². The first-order valence-corrected chi connectivity index (χ1v) is 8.51. The summed E-state index contributed by atoms with van der Waals surface area (Å²) in [6.45, 7) is 4.74. The zero-order valence-corrected chi connectivity index (χ0v) is 12.7. The van der Waals surface area contributed by atoms with Crippen molar-refractivity contribution in [2.24, 2.45) is 11.7 Å². The number of carbonyl (C=O) groups is 1. The molecule has 0 heterocycles. The molecule has 0 spiro atoms. The molecule has 0 saturated heterocycles. The van der Waals surface area contributed by atoms with Crippen molar-refractivity contribution < 1.29 is 9.00 Å². The Kier molecular flexibility index (Phi) is 10.3. The van der Waals surface area contributed by atoms with Gasteiger partial charge in [-0.3, -0.25) is 9.00 Å². The molecule has 3 atom stereocenters. The van der Waals surface area contributed by atoms with Gasteiger partial charge >= 0.3 is 0 Å². The molecule has 0 aromatic heterocycles. The highest BCUT2D eigenvalue weighted by Gasteiger charge is 2.12. The van der Waals surface area contributed by atoms with Crippen molar-refractivity contribution in [2.45, 2.75) is 52.0 Å². The maximum absolute atomic E-state index is 11.7. The predicted molar refractivity (Wildman–Crippen MR) is 77.8 cm³/mol. The Morgan fingerprint density at radius 1 is 1.33 bits per heavy atom. The summed E-state index contributed by atoms with van der Waals surface area (Å²) < 4.78 is 11.0. The highest BCUT2D eigenvalue weighted by Crippen LogP contribution is 2.16. The van der Waals surface area contributed by atoms with Crippen LogP contribution in [0.3, 0.4) is 0 Å². The second-order valence-electron chi connectivity index (χ2n) is 4.98. The maximum Gasteiger partial charge on any atom is 0.220 e. The highest BCUT2D eigenvalue weighted by molar-refractivity contribution is 7.84. The molecule has 0 aliphatic rings. The fraction of sp³-hybridized carbons (Fsp3) is 0.923. The van der Waals surface area contributed by atoms with E-state index in [0.717, 1.165) is 25.7 Å². The Hall–Kier alpha value is -0.420. The summed E-state index contributed by atoms with van der Waals surface area (Å²) in [7, 11) is -0.862. The van der Waals surface area contributed by atoms with Gasteiger partial charge in [-0.1, -0.05) is 19.8 Å². The summed E-state index contributed by atoms with van der Waals surface area (Å²) in [4.78, 5) is 11.7.